The van der Waals surface area contributed by atoms with E-state index in [1.807, 2.05) is 4.90 Å². The Morgan fingerprint density at radius 1 is 1.18 bits per heavy atom. The predicted octanol–water partition coefficient (Wildman–Crippen LogP) is 6.95. The van der Waals surface area contributed by atoms with E-state index in [9.17, 15) is 31.1 Å². The van der Waals surface area contributed by atoms with E-state index in [0.29, 0.717) is 37.9 Å². The van der Waals surface area contributed by atoms with E-state index in [0.717, 1.165) is 17.7 Å². The Hall–Kier alpha value is -2.47. The molecule has 1 aliphatic rings. The molecule has 190 valence electrons. The zero-order valence-corrected chi connectivity index (χ0v) is 19.4. The van der Waals surface area contributed by atoms with Gasteiger partial charge < -0.3 is 4.74 Å². The molecule has 1 aromatic rings. The van der Waals surface area contributed by atoms with Gasteiger partial charge in [-0.15, -0.1) is 6.42 Å². The lowest BCUT2D eigenvalue weighted by Crippen LogP contribution is -2.38. The quantitative estimate of drug-likeness (QED) is 0.179. The summed E-state index contributed by atoms with van der Waals surface area (Å²) in [6, 6.07) is 4.61. The molecule has 0 unspecified atom stereocenters. The van der Waals surface area contributed by atoms with Gasteiger partial charge in [0.2, 0.25) is 0 Å². The second-order valence-corrected chi connectivity index (χ2v) is 8.34. The lowest BCUT2D eigenvalue weighted by atomic mass is 9.85. The first-order valence-electron chi connectivity index (χ1n) is 10.9. The number of methoxy groups -OCH3 is 1. The van der Waals surface area contributed by atoms with Crippen molar-refractivity contribution in [2.45, 2.75) is 63.8 Å². The predicted molar refractivity (Wildman–Crippen MR) is 119 cm³/mol. The number of halogens is 6. The van der Waals surface area contributed by atoms with Crippen LogP contribution in [0.4, 0.5) is 26.3 Å². The van der Waals surface area contributed by atoms with Crippen LogP contribution in [0.25, 0.3) is 0 Å². The largest absolute Gasteiger partial charge is 0.469 e. The van der Waals surface area contributed by atoms with Crippen LogP contribution >= 0.6 is 0 Å². The van der Waals surface area contributed by atoms with Crippen LogP contribution in [-0.2, 0) is 15.7 Å². The lowest BCUT2D eigenvalue weighted by Gasteiger charge is -2.40. The van der Waals surface area contributed by atoms with Gasteiger partial charge in [0.1, 0.15) is 0 Å². The van der Waals surface area contributed by atoms with Crippen molar-refractivity contribution < 1.29 is 35.9 Å². The molecule has 9 heteroatoms. The fraction of sp³-hybridized carbons (Fsp3) is 0.560. The lowest BCUT2D eigenvalue weighted by molar-refractivity contribution is -0.142. The highest BCUT2D eigenvalue weighted by molar-refractivity contribution is 5.69. The number of likely N-dealkylation sites (tertiary alicyclic amines) is 1. The van der Waals surface area contributed by atoms with Crippen LogP contribution in [0.2, 0.25) is 0 Å². The molecule has 0 aromatic heterocycles. The van der Waals surface area contributed by atoms with Crippen molar-refractivity contribution in [2.75, 3.05) is 20.2 Å². The van der Waals surface area contributed by atoms with Gasteiger partial charge in [-0.25, -0.2) is 0 Å². The van der Waals surface area contributed by atoms with Crippen molar-refractivity contribution in [3.63, 3.8) is 0 Å². The van der Waals surface area contributed by atoms with Crippen molar-refractivity contribution in [2.24, 2.45) is 5.92 Å². The fourth-order valence-corrected chi connectivity index (χ4v) is 3.74. The number of terminal acetylenes is 1. The second-order valence-electron chi connectivity index (χ2n) is 8.34. The van der Waals surface area contributed by atoms with E-state index in [4.69, 9.17) is 11.2 Å². The number of carbonyl (C=O) groups is 1. The standard InChI is InChI=1S/C20H25F6NO2.C5H6/c1-29-18(28)13-14-8-11-27(10-3-2-9-19(21,22)23)17(12-14)15-4-6-16(7-5-15)20(24,25)26;1-4-5(2)3/h4-7,14,17H,2-3,8-13H2,1H3;1H,2H2,3H3/t14-,17+;/m1./s1. The molecule has 2 atom stereocenters. The number of esters is 1. The Morgan fingerprint density at radius 3 is 2.24 bits per heavy atom. The number of piperidine rings is 1. The average Bonchev–Trinajstić information content (AvgIpc) is 2.76. The molecule has 0 aliphatic carbocycles. The first-order valence-corrected chi connectivity index (χ1v) is 10.9. The van der Waals surface area contributed by atoms with Crippen LogP contribution in [0, 0.1) is 18.3 Å². The van der Waals surface area contributed by atoms with E-state index in [1.165, 1.54) is 19.2 Å². The first-order chi connectivity index (χ1) is 15.8. The summed E-state index contributed by atoms with van der Waals surface area (Å²) >= 11 is 0. The SMILES string of the molecule is C#CC(=C)C.COC(=O)C[C@@H]1CCN(CCCCC(F)(F)F)[C@H](c2ccc(C(F)(F)F)cc2)C1. The minimum Gasteiger partial charge on any atom is -0.469 e. The third-order valence-electron chi connectivity index (χ3n) is 5.53. The zero-order chi connectivity index (χ0) is 25.9. The maximum atomic E-state index is 12.8. The Balaban J connectivity index is 0.00000104. The number of rotatable bonds is 7. The molecule has 1 heterocycles. The fourth-order valence-electron chi connectivity index (χ4n) is 3.74. The number of hydrogen-bond donors (Lipinski definition) is 0. The van der Waals surface area contributed by atoms with Crippen LogP contribution in [0.1, 0.15) is 62.6 Å². The number of carbonyl (C=O) groups excluding carboxylic acids is 1. The van der Waals surface area contributed by atoms with Crippen LogP contribution < -0.4 is 0 Å². The first kappa shape index (κ1) is 29.6. The van der Waals surface area contributed by atoms with E-state index in [1.54, 1.807) is 6.92 Å². The molecule has 0 N–H and O–H groups in total. The molecule has 0 spiro atoms. The normalized spacial score (nSPS) is 18.9. The Kier molecular flexibility index (Phi) is 11.7. The summed E-state index contributed by atoms with van der Waals surface area (Å²) in [4.78, 5) is 13.6. The molecular formula is C25H31F6NO2. The maximum absolute atomic E-state index is 12.8. The molecule has 3 nitrogen and oxygen atoms in total. The summed E-state index contributed by atoms with van der Waals surface area (Å²) in [5, 5.41) is 0. The Morgan fingerprint density at radius 2 is 1.76 bits per heavy atom. The summed E-state index contributed by atoms with van der Waals surface area (Å²) in [6.45, 7) is 6.22. The third-order valence-corrected chi connectivity index (χ3v) is 5.53. The monoisotopic (exact) mass is 491 g/mol. The molecule has 1 aromatic carbocycles. The second kappa shape index (κ2) is 13.4. The van der Waals surface area contributed by atoms with Crippen molar-refractivity contribution in [3.05, 3.63) is 47.5 Å². The van der Waals surface area contributed by atoms with E-state index in [-0.39, 0.29) is 30.8 Å². The van der Waals surface area contributed by atoms with Crippen molar-refractivity contribution in [1.82, 2.24) is 4.90 Å². The van der Waals surface area contributed by atoms with Gasteiger partial charge in [-0.05, 0) is 74.9 Å². The van der Waals surface area contributed by atoms with Crippen molar-refractivity contribution in [3.8, 4) is 12.3 Å². The van der Waals surface area contributed by atoms with Crippen molar-refractivity contribution in [1.29, 1.82) is 0 Å². The maximum Gasteiger partial charge on any atom is 0.416 e. The summed E-state index contributed by atoms with van der Waals surface area (Å²) < 4.78 is 80.3. The van der Waals surface area contributed by atoms with Gasteiger partial charge in [-0.1, -0.05) is 24.6 Å². The highest BCUT2D eigenvalue weighted by atomic mass is 19.4. The van der Waals surface area contributed by atoms with Crippen LogP contribution in [0.15, 0.2) is 36.4 Å². The highest BCUT2D eigenvalue weighted by Gasteiger charge is 2.33. The Bertz CT molecular complexity index is 824. The number of benzene rings is 1. The number of allylic oxidation sites excluding steroid dienone is 1. The van der Waals surface area contributed by atoms with Crippen LogP contribution in [0.5, 0.6) is 0 Å². The molecule has 1 aliphatic heterocycles. The molecular weight excluding hydrogens is 460 g/mol. The smallest absolute Gasteiger partial charge is 0.416 e. The van der Waals surface area contributed by atoms with E-state index >= 15 is 0 Å². The summed E-state index contributed by atoms with van der Waals surface area (Å²) in [7, 11) is 1.30. The van der Waals surface area contributed by atoms with Crippen LogP contribution in [-0.4, -0.2) is 37.2 Å². The van der Waals surface area contributed by atoms with Gasteiger partial charge in [-0.2, -0.15) is 26.3 Å². The Labute approximate surface area is 197 Å². The molecule has 0 bridgehead atoms. The third kappa shape index (κ3) is 11.1. The molecule has 0 saturated carbocycles. The minimum atomic E-state index is -4.43. The van der Waals surface area contributed by atoms with Gasteiger partial charge >= 0.3 is 18.3 Å². The number of alkyl halides is 6. The molecule has 0 radical (unpaired) electrons. The minimum absolute atomic E-state index is 0.00528. The summed E-state index contributed by atoms with van der Waals surface area (Å²) in [5.41, 5.74) is 0.702. The molecule has 1 fully saturated rings. The van der Waals surface area contributed by atoms with Crippen molar-refractivity contribution >= 4 is 5.97 Å². The van der Waals surface area contributed by atoms with Gasteiger partial charge in [0.25, 0.3) is 0 Å². The number of hydrogen-bond acceptors (Lipinski definition) is 3. The van der Waals surface area contributed by atoms with E-state index in [2.05, 4.69) is 12.5 Å². The van der Waals surface area contributed by atoms with Gasteiger partial charge in [-0.3, -0.25) is 9.69 Å². The molecule has 0 amide bonds. The van der Waals surface area contributed by atoms with Gasteiger partial charge in [0.05, 0.1) is 12.7 Å². The zero-order valence-electron chi connectivity index (χ0n) is 19.4. The van der Waals surface area contributed by atoms with E-state index < -0.39 is 24.3 Å². The molecule has 34 heavy (non-hydrogen) atoms. The average molecular weight is 492 g/mol. The molecule has 1 saturated heterocycles. The topological polar surface area (TPSA) is 29.5 Å². The summed E-state index contributed by atoms with van der Waals surface area (Å²) in [6.07, 6.45) is -2.86. The number of ether oxygens (including phenoxy) is 1. The molecule has 2 rings (SSSR count). The van der Waals surface area contributed by atoms with Crippen LogP contribution in [0.3, 0.4) is 0 Å². The number of nitrogens with zero attached hydrogens (tertiary/aromatic N) is 1. The van der Waals surface area contributed by atoms with Gasteiger partial charge in [0.15, 0.2) is 0 Å². The van der Waals surface area contributed by atoms with Gasteiger partial charge in [0, 0.05) is 18.9 Å². The highest BCUT2D eigenvalue weighted by Crippen LogP contribution is 2.37. The number of unbranched alkanes of at least 4 members (excludes halogenated alkanes) is 1. The summed E-state index contributed by atoms with van der Waals surface area (Å²) in [5.74, 6) is 2.00.